The van der Waals surface area contributed by atoms with E-state index in [4.69, 9.17) is 22.2 Å². The quantitative estimate of drug-likeness (QED) is 0.219. The van der Waals surface area contributed by atoms with Crippen LogP contribution in [0.1, 0.15) is 96.6 Å². The molecule has 3 heterocycles. The molecule has 0 bridgehead atoms. The van der Waals surface area contributed by atoms with E-state index in [1.165, 1.54) is 11.3 Å². The lowest BCUT2D eigenvalue weighted by Crippen LogP contribution is -2.54. The first-order chi connectivity index (χ1) is 19.1. The van der Waals surface area contributed by atoms with Crippen molar-refractivity contribution in [2.75, 3.05) is 23.7 Å². The molecule has 8 N–H and O–H groups in total. The zero-order valence-electron chi connectivity index (χ0n) is 23.7. The number of nitrogens with one attached hydrogen (secondary N) is 1. The fraction of sp³-hybridized carbons (Fsp3) is 0.500. The number of aryl methyl sites for hydroxylation is 1. The molecule has 2 aromatic heterocycles. The Morgan fingerprint density at radius 1 is 1.15 bits per heavy atom. The van der Waals surface area contributed by atoms with Crippen molar-refractivity contribution >= 4 is 44.9 Å². The van der Waals surface area contributed by atoms with Crippen molar-refractivity contribution in [2.45, 2.75) is 83.4 Å². The highest BCUT2D eigenvalue weighted by atomic mass is 32.1. The van der Waals surface area contributed by atoms with Gasteiger partial charge in [-0.1, -0.05) is 39.3 Å². The Hall–Kier alpha value is -3.21. The number of fused-ring (bicyclic) bond motifs is 1. The molecule has 0 spiro atoms. The summed E-state index contributed by atoms with van der Waals surface area (Å²) >= 11 is 1.27. The number of hydrogen-bond donors (Lipinski definition) is 5. The maximum absolute atomic E-state index is 11.9. The van der Waals surface area contributed by atoms with Gasteiger partial charge in [0, 0.05) is 35.6 Å². The minimum Gasteiger partial charge on any atom is -0.397 e. The molecule has 40 heavy (non-hydrogen) atoms. The summed E-state index contributed by atoms with van der Waals surface area (Å²) in [4.78, 5) is 31.9. The third kappa shape index (κ3) is 6.24. The van der Waals surface area contributed by atoms with Crippen LogP contribution in [0.15, 0.2) is 30.3 Å². The van der Waals surface area contributed by atoms with Gasteiger partial charge in [-0.3, -0.25) is 9.59 Å². The molecule has 1 fully saturated rings. The second-order valence-electron chi connectivity index (χ2n) is 10.9. The number of pyridine rings is 1. The van der Waals surface area contributed by atoms with Gasteiger partial charge in [0.2, 0.25) is 5.91 Å². The molecule has 0 radical (unpaired) electrons. The van der Waals surface area contributed by atoms with E-state index < -0.39 is 17.9 Å². The molecule has 1 atom stereocenters. The number of anilines is 2. The Labute approximate surface area is 240 Å². The highest BCUT2D eigenvalue weighted by Crippen LogP contribution is 2.38. The minimum absolute atomic E-state index is 0.236. The van der Waals surface area contributed by atoms with Crippen LogP contribution in [-0.4, -0.2) is 46.6 Å². The van der Waals surface area contributed by atoms with Gasteiger partial charge in [-0.25, -0.2) is 4.98 Å². The van der Waals surface area contributed by atoms with Crippen LogP contribution < -0.4 is 27.4 Å². The second-order valence-corrected chi connectivity index (χ2v) is 11.9. The predicted octanol–water partition coefficient (Wildman–Crippen LogP) is 4.27. The fourth-order valence-corrected chi connectivity index (χ4v) is 6.86. The first-order valence-corrected chi connectivity index (χ1v) is 15.0. The molecule has 0 saturated carbocycles. The number of amides is 2. The number of primary amides is 2. The van der Waals surface area contributed by atoms with Gasteiger partial charge in [-0.15, -0.1) is 11.3 Å². The lowest BCUT2D eigenvalue weighted by molar-refractivity contribution is 0.0989. The average molecular weight is 567 g/mol. The summed E-state index contributed by atoms with van der Waals surface area (Å²) < 4.78 is 0. The van der Waals surface area contributed by atoms with E-state index in [0.29, 0.717) is 34.2 Å². The Kier molecular flexibility index (Phi) is 9.33. The van der Waals surface area contributed by atoms with Crippen molar-refractivity contribution in [3.05, 3.63) is 51.9 Å². The molecular formula is C30H42N6O3S. The van der Waals surface area contributed by atoms with Gasteiger partial charge in [0.15, 0.2) is 0 Å². The average Bonchev–Trinajstić information content (AvgIpc) is 3.30. The minimum atomic E-state index is -0.705. The number of rotatable bonds is 12. The summed E-state index contributed by atoms with van der Waals surface area (Å²) in [6, 6.07) is 9.38. The van der Waals surface area contributed by atoms with Gasteiger partial charge in [0.05, 0.1) is 11.8 Å². The molecule has 3 aromatic rings. The summed E-state index contributed by atoms with van der Waals surface area (Å²) in [5, 5.41) is 15.9. The van der Waals surface area contributed by atoms with E-state index in [1.807, 2.05) is 6.07 Å². The number of nitrogen functional groups attached to an aromatic ring is 1. The van der Waals surface area contributed by atoms with E-state index in [1.54, 1.807) is 18.2 Å². The van der Waals surface area contributed by atoms with Crippen LogP contribution in [0.4, 0.5) is 11.5 Å². The first-order valence-electron chi connectivity index (χ1n) is 14.2. The molecule has 9 nitrogen and oxygen atoms in total. The number of aliphatic hydroxyl groups excluding tert-OH is 1. The zero-order valence-corrected chi connectivity index (χ0v) is 24.5. The smallest absolute Gasteiger partial charge is 0.260 e. The maximum Gasteiger partial charge on any atom is 0.260 e. The number of carbonyl (C=O) groups is 2. The normalized spacial score (nSPS) is 15.4. The number of hydrogen-bond acceptors (Lipinski definition) is 8. The Balaban J connectivity index is 1.47. The predicted molar refractivity (Wildman–Crippen MR) is 163 cm³/mol. The zero-order chi connectivity index (χ0) is 29.0. The number of thiophene rings is 1. The fourth-order valence-electron chi connectivity index (χ4n) is 5.87. The van der Waals surface area contributed by atoms with Gasteiger partial charge >= 0.3 is 0 Å². The topological polar surface area (TPSA) is 161 Å². The number of nitrogens with zero attached hydrogens (tertiary/aromatic N) is 2. The van der Waals surface area contributed by atoms with Gasteiger partial charge in [-0.2, -0.15) is 0 Å². The summed E-state index contributed by atoms with van der Waals surface area (Å²) in [6.45, 7) is 8.12. The van der Waals surface area contributed by atoms with Crippen LogP contribution in [0.2, 0.25) is 0 Å². The highest BCUT2D eigenvalue weighted by Gasteiger charge is 2.33. The van der Waals surface area contributed by atoms with Gasteiger partial charge in [0.25, 0.3) is 5.91 Å². The summed E-state index contributed by atoms with van der Waals surface area (Å²) in [5.74, 6) is -0.103. The molecule has 1 saturated heterocycles. The molecule has 1 aromatic carbocycles. The van der Waals surface area contributed by atoms with E-state index >= 15 is 0 Å². The monoisotopic (exact) mass is 566 g/mol. The van der Waals surface area contributed by atoms with E-state index in [0.717, 1.165) is 73.2 Å². The SMILES string of the molecule is CCCc1cc(N2CCC(NC(CC)(CC)CC(O)c3cccc(C(N)=O)c3)CC2)nc2sc(C(N)=O)c(N)c12. The molecule has 0 aliphatic carbocycles. The number of carbonyl (C=O) groups excluding carboxylic acids is 2. The molecule has 10 heteroatoms. The summed E-state index contributed by atoms with van der Waals surface area (Å²) in [7, 11) is 0. The molecule has 216 valence electrons. The number of piperidine rings is 1. The summed E-state index contributed by atoms with van der Waals surface area (Å²) in [6.07, 6.45) is 5.28. The van der Waals surface area contributed by atoms with E-state index in [2.05, 4.69) is 37.1 Å². The lowest BCUT2D eigenvalue weighted by atomic mass is 9.83. The second kappa shape index (κ2) is 12.5. The highest BCUT2D eigenvalue weighted by molar-refractivity contribution is 7.21. The van der Waals surface area contributed by atoms with Gasteiger partial charge in [0.1, 0.15) is 15.5 Å². The third-order valence-electron chi connectivity index (χ3n) is 8.33. The van der Waals surface area contributed by atoms with Crippen molar-refractivity contribution < 1.29 is 14.7 Å². The van der Waals surface area contributed by atoms with Crippen LogP contribution in [0.3, 0.4) is 0 Å². The lowest BCUT2D eigenvalue weighted by Gasteiger charge is -2.42. The molecule has 4 rings (SSSR count). The molecule has 1 aliphatic heterocycles. The molecule has 2 amide bonds. The number of aromatic nitrogens is 1. The van der Waals surface area contributed by atoms with Crippen LogP contribution in [0.5, 0.6) is 0 Å². The number of nitrogens with two attached hydrogens (primary N) is 3. The van der Waals surface area contributed by atoms with Crippen LogP contribution in [0.25, 0.3) is 10.2 Å². The molecule has 1 aliphatic rings. The number of benzene rings is 1. The van der Waals surface area contributed by atoms with Crippen LogP contribution in [0, 0.1) is 0 Å². The van der Waals surface area contributed by atoms with Gasteiger partial charge in [-0.05, 0) is 67.9 Å². The van der Waals surface area contributed by atoms with Crippen LogP contribution in [-0.2, 0) is 6.42 Å². The van der Waals surface area contributed by atoms with Crippen LogP contribution >= 0.6 is 11.3 Å². The Bertz CT molecular complexity index is 1360. The largest absolute Gasteiger partial charge is 0.397 e. The Morgan fingerprint density at radius 3 is 2.45 bits per heavy atom. The third-order valence-corrected chi connectivity index (χ3v) is 9.45. The molecular weight excluding hydrogens is 524 g/mol. The standard InChI is InChI=1S/C30H42N6O3S/c1-4-8-19-16-23(34-29-24(19)25(31)26(40-29)28(33)39)36-13-11-21(12-14-36)35-30(5-2,6-3)17-22(37)18-9-7-10-20(15-18)27(32)38/h7,9-10,15-16,21-22,35,37H,4-6,8,11-14,17,31H2,1-3H3,(H2,32,38)(H2,33,39). The molecule has 1 unspecified atom stereocenters. The van der Waals surface area contributed by atoms with Crippen molar-refractivity contribution in [1.82, 2.24) is 10.3 Å². The van der Waals surface area contributed by atoms with Crippen molar-refractivity contribution in [2.24, 2.45) is 11.5 Å². The van der Waals surface area contributed by atoms with Crippen molar-refractivity contribution in [1.29, 1.82) is 0 Å². The maximum atomic E-state index is 11.9. The Morgan fingerprint density at radius 2 is 1.85 bits per heavy atom. The van der Waals surface area contributed by atoms with E-state index in [9.17, 15) is 14.7 Å². The van der Waals surface area contributed by atoms with E-state index in [-0.39, 0.29) is 5.54 Å². The van der Waals surface area contributed by atoms with Crippen molar-refractivity contribution in [3.8, 4) is 0 Å². The van der Waals surface area contributed by atoms with Gasteiger partial charge < -0.3 is 32.5 Å². The number of aliphatic hydroxyl groups is 1. The van der Waals surface area contributed by atoms with Crippen molar-refractivity contribution in [3.63, 3.8) is 0 Å². The first kappa shape index (κ1) is 29.8. The summed E-state index contributed by atoms with van der Waals surface area (Å²) in [5.41, 5.74) is 19.7.